The van der Waals surface area contributed by atoms with E-state index in [4.69, 9.17) is 9.15 Å². The van der Waals surface area contributed by atoms with Crippen LogP contribution in [-0.2, 0) is 16.1 Å². The fraction of sp³-hybridized carbons (Fsp3) is 0.0833. The third-order valence-electron chi connectivity index (χ3n) is 4.56. The zero-order valence-corrected chi connectivity index (χ0v) is 16.9. The highest BCUT2D eigenvalue weighted by Gasteiger charge is 2.17. The monoisotopic (exact) mass is 429 g/mol. The molecule has 0 radical (unpaired) electrons. The van der Waals surface area contributed by atoms with Crippen LogP contribution in [0.15, 0.2) is 89.6 Å². The maximum Gasteiger partial charge on any atom is 0.374 e. The predicted octanol–water partition coefficient (Wildman–Crippen LogP) is 3.55. The molecule has 8 nitrogen and oxygen atoms in total. The first kappa shape index (κ1) is 20.8. The predicted molar refractivity (Wildman–Crippen MR) is 115 cm³/mol. The van der Waals surface area contributed by atoms with Gasteiger partial charge in [0.05, 0.1) is 12.2 Å². The Morgan fingerprint density at radius 3 is 2.50 bits per heavy atom. The van der Waals surface area contributed by atoms with Crippen LogP contribution in [0.25, 0.3) is 0 Å². The molecule has 4 rings (SSSR count). The standard InChI is InChI=1S/C24H19N3O5/c28-22(16-31-24(30)21-12-11-18(32-21)15-27-14-6-13-25-27)26-20-10-5-4-9-19(20)23(29)17-7-2-1-3-8-17/h1-14H,15-16H2,(H,26,28). The molecule has 0 saturated heterocycles. The van der Waals surface area contributed by atoms with E-state index in [1.54, 1.807) is 77.7 Å². The smallest absolute Gasteiger partial charge is 0.374 e. The zero-order valence-electron chi connectivity index (χ0n) is 16.9. The van der Waals surface area contributed by atoms with Gasteiger partial charge >= 0.3 is 5.97 Å². The van der Waals surface area contributed by atoms with Crippen molar-refractivity contribution in [1.29, 1.82) is 0 Å². The number of carbonyl (C=O) groups is 3. The van der Waals surface area contributed by atoms with E-state index in [9.17, 15) is 14.4 Å². The highest BCUT2D eigenvalue weighted by atomic mass is 16.5. The average Bonchev–Trinajstić information content (AvgIpc) is 3.51. The van der Waals surface area contributed by atoms with Crippen molar-refractivity contribution >= 4 is 23.3 Å². The third kappa shape index (κ3) is 4.99. The lowest BCUT2D eigenvalue weighted by atomic mass is 10.0. The molecule has 0 aliphatic heterocycles. The first-order chi connectivity index (χ1) is 15.6. The number of para-hydroxylation sites is 1. The number of ketones is 1. The summed E-state index contributed by atoms with van der Waals surface area (Å²) in [6.07, 6.45) is 3.41. The van der Waals surface area contributed by atoms with Crippen LogP contribution in [0.1, 0.15) is 32.2 Å². The number of hydrogen-bond donors (Lipinski definition) is 1. The first-order valence-electron chi connectivity index (χ1n) is 9.82. The summed E-state index contributed by atoms with van der Waals surface area (Å²) in [5, 5.41) is 6.69. The molecule has 2 aromatic heterocycles. The lowest BCUT2D eigenvalue weighted by Gasteiger charge is -2.10. The van der Waals surface area contributed by atoms with Gasteiger partial charge in [0.1, 0.15) is 5.76 Å². The van der Waals surface area contributed by atoms with Crippen molar-refractivity contribution in [3.05, 3.63) is 108 Å². The molecule has 0 bridgehead atoms. The molecule has 2 aromatic carbocycles. The summed E-state index contributed by atoms with van der Waals surface area (Å²) in [7, 11) is 0. The number of nitrogens with zero attached hydrogens (tertiary/aromatic N) is 2. The molecule has 0 fully saturated rings. The van der Waals surface area contributed by atoms with E-state index >= 15 is 0 Å². The number of carbonyl (C=O) groups excluding carboxylic acids is 3. The van der Waals surface area contributed by atoms with Crippen molar-refractivity contribution in [2.24, 2.45) is 0 Å². The highest BCUT2D eigenvalue weighted by Crippen LogP contribution is 2.19. The van der Waals surface area contributed by atoms with Gasteiger partial charge in [0.2, 0.25) is 5.76 Å². The molecule has 0 saturated carbocycles. The van der Waals surface area contributed by atoms with Crippen LogP contribution in [0.4, 0.5) is 5.69 Å². The van der Waals surface area contributed by atoms with Crippen molar-refractivity contribution in [3.8, 4) is 0 Å². The van der Waals surface area contributed by atoms with Gasteiger partial charge in [0, 0.05) is 23.5 Å². The molecule has 0 atom stereocenters. The Morgan fingerprint density at radius 2 is 1.72 bits per heavy atom. The number of ether oxygens (including phenoxy) is 1. The van der Waals surface area contributed by atoms with Gasteiger partial charge in [0.15, 0.2) is 12.4 Å². The van der Waals surface area contributed by atoms with E-state index in [1.165, 1.54) is 6.07 Å². The minimum atomic E-state index is -0.763. The molecule has 0 unspecified atom stereocenters. The van der Waals surface area contributed by atoms with Crippen LogP contribution in [0.2, 0.25) is 0 Å². The Balaban J connectivity index is 1.35. The number of furan rings is 1. The molecule has 4 aromatic rings. The number of esters is 1. The van der Waals surface area contributed by atoms with Crippen LogP contribution in [0.5, 0.6) is 0 Å². The Bertz CT molecular complexity index is 1230. The van der Waals surface area contributed by atoms with E-state index in [1.807, 2.05) is 6.07 Å². The Labute approximate surface area is 183 Å². The molecular formula is C24H19N3O5. The minimum absolute atomic E-state index is 0.0142. The van der Waals surface area contributed by atoms with Gasteiger partial charge in [-0.25, -0.2) is 4.79 Å². The van der Waals surface area contributed by atoms with Crippen molar-refractivity contribution in [2.75, 3.05) is 11.9 Å². The fourth-order valence-corrected chi connectivity index (χ4v) is 3.05. The molecule has 0 spiro atoms. The number of aromatic nitrogens is 2. The summed E-state index contributed by atoms with van der Waals surface area (Å²) in [5.41, 5.74) is 1.18. The summed E-state index contributed by atoms with van der Waals surface area (Å²) < 4.78 is 12.1. The van der Waals surface area contributed by atoms with E-state index in [2.05, 4.69) is 10.4 Å². The van der Waals surface area contributed by atoms with Crippen molar-refractivity contribution in [1.82, 2.24) is 9.78 Å². The SMILES string of the molecule is O=C(COC(=O)c1ccc(Cn2cccn2)o1)Nc1ccccc1C(=O)c1ccccc1. The largest absolute Gasteiger partial charge is 0.452 e. The molecule has 32 heavy (non-hydrogen) atoms. The fourth-order valence-electron chi connectivity index (χ4n) is 3.05. The van der Waals surface area contributed by atoms with Crippen LogP contribution < -0.4 is 5.32 Å². The molecule has 1 N–H and O–H groups in total. The molecule has 160 valence electrons. The number of benzene rings is 2. The number of anilines is 1. The van der Waals surface area contributed by atoms with E-state index in [-0.39, 0.29) is 11.5 Å². The Hall–Kier alpha value is -4.46. The maximum absolute atomic E-state index is 12.8. The van der Waals surface area contributed by atoms with Crippen molar-refractivity contribution < 1.29 is 23.5 Å². The highest BCUT2D eigenvalue weighted by molar-refractivity contribution is 6.13. The molecule has 8 heteroatoms. The zero-order chi connectivity index (χ0) is 22.3. The summed E-state index contributed by atoms with van der Waals surface area (Å²) >= 11 is 0. The van der Waals surface area contributed by atoms with Gasteiger partial charge in [-0.2, -0.15) is 5.10 Å². The number of nitrogens with one attached hydrogen (secondary N) is 1. The minimum Gasteiger partial charge on any atom is -0.452 e. The van der Waals surface area contributed by atoms with Gasteiger partial charge in [-0.15, -0.1) is 0 Å². The summed E-state index contributed by atoms with van der Waals surface area (Å²) in [6.45, 7) is -0.158. The topological polar surface area (TPSA) is 103 Å². The van der Waals surface area contributed by atoms with Gasteiger partial charge < -0.3 is 14.5 Å². The van der Waals surface area contributed by atoms with Gasteiger partial charge in [0.25, 0.3) is 5.91 Å². The normalized spacial score (nSPS) is 10.5. The Morgan fingerprint density at radius 1 is 0.938 bits per heavy atom. The molecule has 2 heterocycles. The van der Waals surface area contributed by atoms with Gasteiger partial charge in [-0.1, -0.05) is 42.5 Å². The molecule has 0 aliphatic rings. The summed E-state index contributed by atoms with van der Waals surface area (Å²) in [4.78, 5) is 37.3. The second kappa shape index (κ2) is 9.57. The summed E-state index contributed by atoms with van der Waals surface area (Å²) in [5.74, 6) is -1.05. The van der Waals surface area contributed by atoms with Gasteiger partial charge in [-0.05, 0) is 30.3 Å². The number of hydrogen-bond acceptors (Lipinski definition) is 6. The van der Waals surface area contributed by atoms with Gasteiger partial charge in [-0.3, -0.25) is 14.3 Å². The summed E-state index contributed by atoms with van der Waals surface area (Å²) in [6, 6.07) is 20.3. The van der Waals surface area contributed by atoms with Crippen LogP contribution in [-0.4, -0.2) is 34.0 Å². The number of amides is 1. The molecule has 1 amide bonds. The second-order valence-corrected chi connectivity index (χ2v) is 6.83. The Kier molecular flexibility index (Phi) is 6.22. The van der Waals surface area contributed by atoms with E-state index < -0.39 is 18.5 Å². The van der Waals surface area contributed by atoms with Crippen molar-refractivity contribution in [3.63, 3.8) is 0 Å². The maximum atomic E-state index is 12.8. The van der Waals surface area contributed by atoms with E-state index in [0.717, 1.165) is 0 Å². The third-order valence-corrected chi connectivity index (χ3v) is 4.56. The molecule has 0 aliphatic carbocycles. The van der Waals surface area contributed by atoms with Crippen LogP contribution in [0.3, 0.4) is 0 Å². The van der Waals surface area contributed by atoms with Crippen LogP contribution in [0, 0.1) is 0 Å². The second-order valence-electron chi connectivity index (χ2n) is 6.83. The number of rotatable bonds is 8. The lowest BCUT2D eigenvalue weighted by Crippen LogP contribution is -2.22. The molecular weight excluding hydrogens is 410 g/mol. The van der Waals surface area contributed by atoms with Crippen LogP contribution >= 0.6 is 0 Å². The van der Waals surface area contributed by atoms with E-state index in [0.29, 0.717) is 29.1 Å². The lowest BCUT2D eigenvalue weighted by molar-refractivity contribution is -0.119. The quantitative estimate of drug-likeness (QED) is 0.339. The average molecular weight is 429 g/mol. The van der Waals surface area contributed by atoms with Crippen molar-refractivity contribution in [2.45, 2.75) is 6.54 Å². The first-order valence-corrected chi connectivity index (χ1v) is 9.82.